The summed E-state index contributed by atoms with van der Waals surface area (Å²) in [5.41, 5.74) is 7.56. The minimum Gasteiger partial charge on any atom is -0.365 e. The second-order valence-corrected chi connectivity index (χ2v) is 7.47. The fraction of sp³-hybridized carbons (Fsp3) is 0.217. The third kappa shape index (κ3) is 4.23. The lowest BCUT2D eigenvalue weighted by Crippen LogP contribution is -2.40. The minimum absolute atomic E-state index is 0.0231. The third-order valence-electron chi connectivity index (χ3n) is 5.44. The van der Waals surface area contributed by atoms with Gasteiger partial charge in [0.1, 0.15) is 11.4 Å². The van der Waals surface area contributed by atoms with Crippen LogP contribution in [0.15, 0.2) is 59.8 Å². The molecule has 2 N–H and O–H groups in total. The van der Waals surface area contributed by atoms with Crippen LogP contribution in [0.1, 0.15) is 37.4 Å². The molecular formula is C23H21FN4O3. The molecule has 2 aromatic heterocycles. The maximum absolute atomic E-state index is 13.5. The number of rotatable bonds is 5. The van der Waals surface area contributed by atoms with Gasteiger partial charge in [-0.2, -0.15) is 0 Å². The van der Waals surface area contributed by atoms with Crippen LogP contribution in [0.25, 0.3) is 0 Å². The zero-order valence-corrected chi connectivity index (χ0v) is 16.8. The van der Waals surface area contributed by atoms with Gasteiger partial charge in [0.05, 0.1) is 11.8 Å². The molecule has 0 aliphatic carbocycles. The predicted octanol–water partition coefficient (Wildman–Crippen LogP) is 1.92. The summed E-state index contributed by atoms with van der Waals surface area (Å²) in [6.07, 6.45) is 4.96. The smallest absolute Gasteiger partial charge is 0.263 e. The number of carbonyl (C=O) groups is 2. The second-order valence-electron chi connectivity index (χ2n) is 7.47. The van der Waals surface area contributed by atoms with Gasteiger partial charge in [-0.05, 0) is 35.6 Å². The molecule has 158 valence electrons. The highest BCUT2D eigenvalue weighted by Gasteiger charge is 2.28. The standard InChI is InChI=1S/C23H21FN4O3/c24-18-10-16(11-26-12-18)22(30)27-9-7-19-17(13-27)14-28(23(31)20(19)21(25)29)8-6-15-4-2-1-3-5-15/h1-5,10-12,14H,6-9,13H2,(H2,25,29). The third-order valence-corrected chi connectivity index (χ3v) is 5.44. The predicted molar refractivity (Wildman–Crippen MR) is 112 cm³/mol. The highest BCUT2D eigenvalue weighted by molar-refractivity contribution is 5.95. The molecule has 1 aliphatic heterocycles. The number of amides is 2. The molecule has 4 rings (SSSR count). The van der Waals surface area contributed by atoms with Crippen molar-refractivity contribution in [3.05, 3.63) is 99.0 Å². The molecule has 0 fully saturated rings. The normalized spacial score (nSPS) is 13.0. The summed E-state index contributed by atoms with van der Waals surface area (Å²) in [5, 5.41) is 0. The van der Waals surface area contributed by atoms with Crippen molar-refractivity contribution < 1.29 is 14.0 Å². The van der Waals surface area contributed by atoms with E-state index in [2.05, 4.69) is 4.98 Å². The van der Waals surface area contributed by atoms with Crippen LogP contribution in [0.3, 0.4) is 0 Å². The van der Waals surface area contributed by atoms with Crippen molar-refractivity contribution in [2.45, 2.75) is 25.9 Å². The van der Waals surface area contributed by atoms with E-state index in [0.29, 0.717) is 30.5 Å². The van der Waals surface area contributed by atoms with Crippen molar-refractivity contribution in [3.8, 4) is 0 Å². The van der Waals surface area contributed by atoms with E-state index in [9.17, 15) is 18.8 Å². The Morgan fingerprint density at radius 2 is 1.94 bits per heavy atom. The van der Waals surface area contributed by atoms with Gasteiger partial charge in [-0.1, -0.05) is 30.3 Å². The van der Waals surface area contributed by atoms with E-state index >= 15 is 0 Å². The van der Waals surface area contributed by atoms with Gasteiger partial charge in [0.15, 0.2) is 0 Å². The molecule has 0 saturated carbocycles. The zero-order chi connectivity index (χ0) is 22.0. The average molecular weight is 420 g/mol. The van der Waals surface area contributed by atoms with Crippen LogP contribution in [0.2, 0.25) is 0 Å². The molecule has 2 amide bonds. The van der Waals surface area contributed by atoms with Crippen LogP contribution in [0, 0.1) is 5.82 Å². The molecule has 0 atom stereocenters. The largest absolute Gasteiger partial charge is 0.365 e. The Kier molecular flexibility index (Phi) is 5.62. The van der Waals surface area contributed by atoms with Crippen LogP contribution in [-0.2, 0) is 25.9 Å². The summed E-state index contributed by atoms with van der Waals surface area (Å²) in [4.78, 5) is 43.1. The molecule has 8 heteroatoms. The Morgan fingerprint density at radius 1 is 1.16 bits per heavy atom. The molecule has 0 radical (unpaired) electrons. The first-order chi connectivity index (χ1) is 14.9. The summed E-state index contributed by atoms with van der Waals surface area (Å²) in [6.45, 7) is 0.852. The molecule has 7 nitrogen and oxygen atoms in total. The molecule has 31 heavy (non-hydrogen) atoms. The summed E-state index contributed by atoms with van der Waals surface area (Å²) < 4.78 is 15.0. The molecular weight excluding hydrogens is 399 g/mol. The maximum Gasteiger partial charge on any atom is 0.263 e. The van der Waals surface area contributed by atoms with Crippen molar-refractivity contribution in [2.24, 2.45) is 5.73 Å². The Bertz CT molecular complexity index is 1210. The van der Waals surface area contributed by atoms with Crippen molar-refractivity contribution in [1.29, 1.82) is 0 Å². The van der Waals surface area contributed by atoms with Crippen LogP contribution in [0.5, 0.6) is 0 Å². The Balaban J connectivity index is 1.65. The molecule has 1 aromatic carbocycles. The Morgan fingerprint density at radius 3 is 2.65 bits per heavy atom. The molecule has 0 unspecified atom stereocenters. The first kappa shape index (κ1) is 20.5. The number of nitrogens with zero attached hydrogens (tertiary/aromatic N) is 3. The van der Waals surface area contributed by atoms with Gasteiger partial charge in [-0.25, -0.2) is 4.39 Å². The number of aryl methyl sites for hydroxylation is 2. The van der Waals surface area contributed by atoms with E-state index in [1.807, 2.05) is 30.3 Å². The van der Waals surface area contributed by atoms with Crippen molar-refractivity contribution in [1.82, 2.24) is 14.5 Å². The average Bonchev–Trinajstić information content (AvgIpc) is 2.77. The first-order valence-corrected chi connectivity index (χ1v) is 9.93. The van der Waals surface area contributed by atoms with E-state index < -0.39 is 17.3 Å². The molecule has 0 bridgehead atoms. The lowest BCUT2D eigenvalue weighted by Gasteiger charge is -2.30. The number of hydrogen-bond acceptors (Lipinski definition) is 4. The molecule has 3 aromatic rings. The SMILES string of the molecule is NC(=O)c1c2c(cn(CCc3ccccc3)c1=O)CN(C(=O)c1cncc(F)c1)CC2. The summed E-state index contributed by atoms with van der Waals surface area (Å²) >= 11 is 0. The number of halogens is 1. The van der Waals surface area contributed by atoms with E-state index in [1.54, 1.807) is 11.1 Å². The fourth-order valence-electron chi connectivity index (χ4n) is 3.91. The first-order valence-electron chi connectivity index (χ1n) is 9.93. The molecule has 1 aliphatic rings. The van der Waals surface area contributed by atoms with Crippen molar-refractivity contribution >= 4 is 11.8 Å². The van der Waals surface area contributed by atoms with E-state index in [1.165, 1.54) is 10.8 Å². The van der Waals surface area contributed by atoms with E-state index in [0.717, 1.165) is 17.8 Å². The van der Waals surface area contributed by atoms with Gasteiger partial charge in [-0.15, -0.1) is 0 Å². The number of primary amides is 1. The number of hydrogen-bond donors (Lipinski definition) is 1. The van der Waals surface area contributed by atoms with Crippen LogP contribution >= 0.6 is 0 Å². The highest BCUT2D eigenvalue weighted by Crippen LogP contribution is 2.22. The van der Waals surface area contributed by atoms with Gasteiger partial charge in [0.25, 0.3) is 17.4 Å². The van der Waals surface area contributed by atoms with Crippen molar-refractivity contribution in [2.75, 3.05) is 6.54 Å². The summed E-state index contributed by atoms with van der Waals surface area (Å²) in [6, 6.07) is 10.8. The zero-order valence-electron chi connectivity index (χ0n) is 16.8. The molecule has 3 heterocycles. The van der Waals surface area contributed by atoms with Gasteiger partial charge < -0.3 is 15.2 Å². The highest BCUT2D eigenvalue weighted by atomic mass is 19.1. The second kappa shape index (κ2) is 8.51. The van der Waals surface area contributed by atoms with Crippen molar-refractivity contribution in [3.63, 3.8) is 0 Å². The quantitative estimate of drug-likeness (QED) is 0.682. The minimum atomic E-state index is -0.774. The van der Waals surface area contributed by atoms with Gasteiger partial charge >= 0.3 is 0 Å². The summed E-state index contributed by atoms with van der Waals surface area (Å²) in [7, 11) is 0. The lowest BCUT2D eigenvalue weighted by molar-refractivity contribution is 0.0733. The summed E-state index contributed by atoms with van der Waals surface area (Å²) in [5.74, 6) is -1.72. The van der Waals surface area contributed by atoms with E-state index in [-0.39, 0.29) is 30.1 Å². The number of nitrogens with two attached hydrogens (primary N) is 1. The maximum atomic E-state index is 13.5. The number of aromatic nitrogens is 2. The topological polar surface area (TPSA) is 98.3 Å². The van der Waals surface area contributed by atoms with Crippen LogP contribution in [0.4, 0.5) is 4.39 Å². The lowest BCUT2D eigenvalue weighted by atomic mass is 9.95. The Labute approximate surface area is 177 Å². The molecule has 0 saturated heterocycles. The van der Waals surface area contributed by atoms with Crippen LogP contribution < -0.4 is 11.3 Å². The van der Waals surface area contributed by atoms with Gasteiger partial charge in [0, 0.05) is 32.0 Å². The van der Waals surface area contributed by atoms with Gasteiger partial charge in [-0.3, -0.25) is 19.4 Å². The Hall–Kier alpha value is -3.81. The number of carbonyl (C=O) groups excluding carboxylic acids is 2. The number of pyridine rings is 2. The van der Waals surface area contributed by atoms with Gasteiger partial charge in [0.2, 0.25) is 0 Å². The number of fused-ring (bicyclic) bond motifs is 1. The monoisotopic (exact) mass is 420 g/mol. The van der Waals surface area contributed by atoms with Crippen LogP contribution in [-0.4, -0.2) is 32.8 Å². The molecule has 0 spiro atoms. The fourth-order valence-corrected chi connectivity index (χ4v) is 3.91. The van der Waals surface area contributed by atoms with E-state index in [4.69, 9.17) is 5.73 Å². The number of benzene rings is 1.